The van der Waals surface area contributed by atoms with Gasteiger partial charge in [0.1, 0.15) is 0 Å². The van der Waals surface area contributed by atoms with Crippen LogP contribution >= 0.6 is 11.6 Å². The van der Waals surface area contributed by atoms with Crippen LogP contribution in [-0.2, 0) is 10.8 Å². The van der Waals surface area contributed by atoms with E-state index in [1.807, 2.05) is 18.2 Å². The van der Waals surface area contributed by atoms with Crippen LogP contribution < -0.4 is 5.32 Å². The Morgan fingerprint density at radius 1 is 1.56 bits per heavy atom. The lowest BCUT2D eigenvalue weighted by Gasteiger charge is -2.18. The molecule has 0 amide bonds. The van der Waals surface area contributed by atoms with Gasteiger partial charge in [-0.2, -0.15) is 0 Å². The molecule has 0 spiro atoms. The zero-order valence-corrected chi connectivity index (χ0v) is 10.9. The average molecular weight is 258 g/mol. The Hall–Kier alpha value is -0.380. The van der Waals surface area contributed by atoms with Gasteiger partial charge in [-0.3, -0.25) is 4.21 Å². The fourth-order valence-corrected chi connectivity index (χ4v) is 4.01. The standard InChI is InChI=1S/C12H16ClNOS/c1-2-14-11-7-4-8-16(15)12-9(11)5-3-6-10(12)13/h3,5-6,11,14H,2,4,7-8H2,1H3. The topological polar surface area (TPSA) is 29.1 Å². The molecule has 2 rings (SSSR count). The van der Waals surface area contributed by atoms with Crippen molar-refractivity contribution < 1.29 is 4.21 Å². The van der Waals surface area contributed by atoms with Crippen molar-refractivity contribution in [3.05, 3.63) is 28.8 Å². The third-order valence-corrected chi connectivity index (χ3v) is 4.87. The van der Waals surface area contributed by atoms with Crippen molar-refractivity contribution in [2.75, 3.05) is 12.3 Å². The minimum Gasteiger partial charge on any atom is -0.310 e. The van der Waals surface area contributed by atoms with Gasteiger partial charge in [0.15, 0.2) is 0 Å². The van der Waals surface area contributed by atoms with E-state index in [-0.39, 0.29) is 0 Å². The van der Waals surface area contributed by atoms with Crippen molar-refractivity contribution in [2.24, 2.45) is 0 Å². The van der Waals surface area contributed by atoms with E-state index in [1.54, 1.807) is 0 Å². The van der Waals surface area contributed by atoms with Gasteiger partial charge in [-0.05, 0) is 31.0 Å². The second kappa shape index (κ2) is 5.30. The molecule has 0 fully saturated rings. The number of nitrogens with one attached hydrogen (secondary N) is 1. The second-order valence-corrected chi connectivity index (χ2v) is 5.88. The lowest BCUT2D eigenvalue weighted by Crippen LogP contribution is -2.21. The summed E-state index contributed by atoms with van der Waals surface area (Å²) in [6.07, 6.45) is 2.02. The van der Waals surface area contributed by atoms with Gasteiger partial charge in [0.2, 0.25) is 0 Å². The maximum Gasteiger partial charge on any atom is 0.0622 e. The number of hydrogen-bond donors (Lipinski definition) is 1. The summed E-state index contributed by atoms with van der Waals surface area (Å²) in [6.45, 7) is 3.01. The molecule has 2 nitrogen and oxygen atoms in total. The Morgan fingerprint density at radius 2 is 2.38 bits per heavy atom. The van der Waals surface area contributed by atoms with E-state index in [9.17, 15) is 4.21 Å². The summed E-state index contributed by atoms with van der Waals surface area (Å²) in [7, 11) is -0.940. The number of hydrogen-bond acceptors (Lipinski definition) is 2. The average Bonchev–Trinajstić information content (AvgIpc) is 2.41. The van der Waals surface area contributed by atoms with Crippen molar-refractivity contribution in [1.82, 2.24) is 5.32 Å². The van der Waals surface area contributed by atoms with E-state index in [0.717, 1.165) is 35.6 Å². The highest BCUT2D eigenvalue weighted by atomic mass is 35.5. The SMILES string of the molecule is CCNC1CCCS(=O)c2c(Cl)cccc21. The van der Waals surface area contributed by atoms with Crippen molar-refractivity contribution >= 4 is 22.4 Å². The van der Waals surface area contributed by atoms with Gasteiger partial charge in [-0.15, -0.1) is 0 Å². The Labute approximate surface area is 104 Å². The van der Waals surface area contributed by atoms with Crippen molar-refractivity contribution in [1.29, 1.82) is 0 Å². The molecule has 1 aromatic carbocycles. The van der Waals surface area contributed by atoms with Gasteiger partial charge in [-0.25, -0.2) is 0 Å². The largest absolute Gasteiger partial charge is 0.310 e. The summed E-state index contributed by atoms with van der Waals surface area (Å²) in [5.74, 6) is 0.721. The zero-order valence-electron chi connectivity index (χ0n) is 9.33. The molecule has 1 aromatic rings. The Bertz CT molecular complexity index is 408. The number of halogens is 1. The Kier molecular flexibility index (Phi) is 4.00. The third kappa shape index (κ3) is 2.31. The van der Waals surface area contributed by atoms with E-state index in [0.29, 0.717) is 11.1 Å². The van der Waals surface area contributed by atoms with Crippen LogP contribution in [0.25, 0.3) is 0 Å². The first-order chi connectivity index (χ1) is 7.74. The molecular weight excluding hydrogens is 242 g/mol. The van der Waals surface area contributed by atoms with Gasteiger partial charge in [0.25, 0.3) is 0 Å². The summed E-state index contributed by atoms with van der Waals surface area (Å²) in [4.78, 5) is 0.840. The van der Waals surface area contributed by atoms with Crippen LogP contribution in [-0.4, -0.2) is 16.5 Å². The number of fused-ring (bicyclic) bond motifs is 1. The molecule has 4 heteroatoms. The molecule has 2 atom stereocenters. The molecule has 2 unspecified atom stereocenters. The molecule has 1 N–H and O–H groups in total. The summed E-state index contributed by atoms with van der Waals surface area (Å²) in [5, 5.41) is 4.07. The highest BCUT2D eigenvalue weighted by molar-refractivity contribution is 7.85. The van der Waals surface area contributed by atoms with Crippen LogP contribution in [0.5, 0.6) is 0 Å². The molecule has 0 saturated carbocycles. The van der Waals surface area contributed by atoms with E-state index < -0.39 is 10.8 Å². The molecule has 1 heterocycles. The van der Waals surface area contributed by atoms with Gasteiger partial charge >= 0.3 is 0 Å². The first-order valence-electron chi connectivity index (χ1n) is 5.64. The van der Waals surface area contributed by atoms with E-state index in [1.165, 1.54) is 0 Å². The summed E-state index contributed by atoms with van der Waals surface area (Å²) >= 11 is 6.15. The molecule has 0 bridgehead atoms. The molecule has 0 aliphatic carbocycles. The molecule has 0 saturated heterocycles. The van der Waals surface area contributed by atoms with Crippen LogP contribution in [0.3, 0.4) is 0 Å². The summed E-state index contributed by atoms with van der Waals surface area (Å²) in [5.41, 5.74) is 1.12. The number of rotatable bonds is 2. The van der Waals surface area contributed by atoms with E-state index >= 15 is 0 Å². The summed E-state index contributed by atoms with van der Waals surface area (Å²) < 4.78 is 12.1. The smallest absolute Gasteiger partial charge is 0.0622 e. The van der Waals surface area contributed by atoms with Gasteiger partial charge in [0, 0.05) is 11.8 Å². The highest BCUT2D eigenvalue weighted by Crippen LogP contribution is 2.33. The van der Waals surface area contributed by atoms with Crippen LogP contribution in [0.15, 0.2) is 23.1 Å². The van der Waals surface area contributed by atoms with Crippen molar-refractivity contribution in [2.45, 2.75) is 30.7 Å². The fourth-order valence-electron chi connectivity index (χ4n) is 2.17. The molecular formula is C12H16ClNOS. The minimum atomic E-state index is -0.940. The van der Waals surface area contributed by atoms with Crippen molar-refractivity contribution in [3.8, 4) is 0 Å². The van der Waals surface area contributed by atoms with Gasteiger partial charge < -0.3 is 5.32 Å². The molecule has 16 heavy (non-hydrogen) atoms. The summed E-state index contributed by atoms with van der Waals surface area (Å²) in [6, 6.07) is 6.10. The lowest BCUT2D eigenvalue weighted by atomic mass is 10.0. The zero-order chi connectivity index (χ0) is 11.5. The molecule has 0 radical (unpaired) electrons. The van der Waals surface area contributed by atoms with Crippen LogP contribution in [0.4, 0.5) is 0 Å². The maximum atomic E-state index is 12.1. The van der Waals surface area contributed by atoms with Crippen LogP contribution in [0.1, 0.15) is 31.4 Å². The lowest BCUT2D eigenvalue weighted by molar-refractivity contribution is 0.508. The highest BCUT2D eigenvalue weighted by Gasteiger charge is 2.23. The first-order valence-corrected chi connectivity index (χ1v) is 7.34. The van der Waals surface area contributed by atoms with Gasteiger partial charge in [-0.1, -0.05) is 30.7 Å². The predicted molar refractivity (Wildman–Crippen MR) is 68.4 cm³/mol. The Balaban J connectivity index is 2.47. The molecule has 0 aromatic heterocycles. The Morgan fingerprint density at radius 3 is 3.12 bits per heavy atom. The first kappa shape index (κ1) is 12.1. The monoisotopic (exact) mass is 257 g/mol. The van der Waals surface area contributed by atoms with E-state index in [2.05, 4.69) is 12.2 Å². The van der Waals surface area contributed by atoms with Gasteiger partial charge in [0.05, 0.1) is 20.7 Å². The second-order valence-electron chi connectivity index (χ2n) is 3.96. The minimum absolute atomic E-state index is 0.296. The molecule has 1 aliphatic heterocycles. The quantitative estimate of drug-likeness (QED) is 0.883. The van der Waals surface area contributed by atoms with E-state index in [4.69, 9.17) is 11.6 Å². The van der Waals surface area contributed by atoms with Crippen molar-refractivity contribution in [3.63, 3.8) is 0 Å². The number of benzene rings is 1. The normalized spacial score (nSPS) is 24.9. The fraction of sp³-hybridized carbons (Fsp3) is 0.500. The maximum absolute atomic E-state index is 12.1. The van der Waals surface area contributed by atoms with Crippen LogP contribution in [0, 0.1) is 0 Å². The third-order valence-electron chi connectivity index (χ3n) is 2.87. The van der Waals surface area contributed by atoms with Crippen LogP contribution in [0.2, 0.25) is 5.02 Å². The molecule has 88 valence electrons. The predicted octanol–water partition coefficient (Wildman–Crippen LogP) is 2.89. The molecule has 1 aliphatic rings.